The summed E-state index contributed by atoms with van der Waals surface area (Å²) in [6.07, 6.45) is 6.45. The van der Waals surface area contributed by atoms with Crippen molar-refractivity contribution in [1.82, 2.24) is 0 Å². The minimum atomic E-state index is 1.19. The summed E-state index contributed by atoms with van der Waals surface area (Å²) in [4.78, 5) is 2.83. The van der Waals surface area contributed by atoms with E-state index in [1.807, 2.05) is 11.3 Å². The van der Waals surface area contributed by atoms with Crippen LogP contribution in [0.4, 0.5) is 0 Å². The molecule has 0 aliphatic heterocycles. The third-order valence-corrected chi connectivity index (χ3v) is 5.48. The summed E-state index contributed by atoms with van der Waals surface area (Å²) in [6, 6.07) is 24.0. The fraction of sp³-hybridized carbons (Fsp3) is 0.273. The molecule has 0 fully saturated rings. The number of unbranched alkanes of at least 4 members (excludes halogenated alkanes) is 3. The fourth-order valence-electron chi connectivity index (χ4n) is 2.94. The average molecular weight is 321 g/mol. The summed E-state index contributed by atoms with van der Waals surface area (Å²) < 4.78 is 0. The SMILES string of the molecule is CCCCCCc1cc(-c2ccccc2)sc1-c1ccccc1. The zero-order chi connectivity index (χ0) is 15.9. The van der Waals surface area contributed by atoms with Gasteiger partial charge in [-0.25, -0.2) is 0 Å². The smallest absolute Gasteiger partial charge is 0.0381 e. The zero-order valence-electron chi connectivity index (χ0n) is 13.8. The summed E-state index contributed by atoms with van der Waals surface area (Å²) >= 11 is 1.93. The Labute approximate surface area is 143 Å². The molecule has 0 nitrogen and oxygen atoms in total. The standard InChI is InChI=1S/C22H24S/c1-2-3-4-7-16-20-17-21(18-12-8-5-9-13-18)23-22(20)19-14-10-6-11-15-19/h5-6,8-15,17H,2-4,7,16H2,1H3. The first-order chi connectivity index (χ1) is 11.4. The molecule has 0 radical (unpaired) electrons. The molecular weight excluding hydrogens is 296 g/mol. The van der Waals surface area contributed by atoms with Crippen LogP contribution in [-0.4, -0.2) is 0 Å². The van der Waals surface area contributed by atoms with Crippen LogP contribution in [0.25, 0.3) is 20.9 Å². The van der Waals surface area contributed by atoms with Crippen LogP contribution in [0.5, 0.6) is 0 Å². The van der Waals surface area contributed by atoms with Crippen LogP contribution in [0.1, 0.15) is 38.2 Å². The van der Waals surface area contributed by atoms with Gasteiger partial charge >= 0.3 is 0 Å². The molecule has 3 aromatic rings. The first-order valence-electron chi connectivity index (χ1n) is 8.62. The van der Waals surface area contributed by atoms with E-state index in [0.717, 1.165) is 0 Å². The topological polar surface area (TPSA) is 0 Å². The molecule has 1 aromatic heterocycles. The van der Waals surface area contributed by atoms with Gasteiger partial charge in [-0.2, -0.15) is 0 Å². The van der Waals surface area contributed by atoms with E-state index in [9.17, 15) is 0 Å². The van der Waals surface area contributed by atoms with Crippen LogP contribution < -0.4 is 0 Å². The van der Waals surface area contributed by atoms with Gasteiger partial charge in [0.1, 0.15) is 0 Å². The fourth-order valence-corrected chi connectivity index (χ4v) is 4.16. The van der Waals surface area contributed by atoms with Crippen LogP contribution in [0, 0.1) is 0 Å². The quantitative estimate of drug-likeness (QED) is 0.404. The lowest BCUT2D eigenvalue weighted by atomic mass is 10.0. The van der Waals surface area contributed by atoms with Gasteiger partial charge in [0.25, 0.3) is 0 Å². The lowest BCUT2D eigenvalue weighted by Crippen LogP contribution is -1.86. The number of rotatable bonds is 7. The van der Waals surface area contributed by atoms with E-state index in [4.69, 9.17) is 0 Å². The lowest BCUT2D eigenvalue weighted by molar-refractivity contribution is 0.668. The normalized spacial score (nSPS) is 10.8. The Kier molecular flexibility index (Phi) is 5.65. The molecular formula is C22H24S. The molecule has 1 heteroatoms. The molecule has 118 valence electrons. The molecule has 23 heavy (non-hydrogen) atoms. The molecule has 0 saturated carbocycles. The summed E-state index contributed by atoms with van der Waals surface area (Å²) in [5.41, 5.74) is 4.19. The highest BCUT2D eigenvalue weighted by Crippen LogP contribution is 2.38. The second-order valence-corrected chi connectivity index (χ2v) is 7.06. The van der Waals surface area contributed by atoms with Crippen molar-refractivity contribution in [2.45, 2.75) is 39.0 Å². The van der Waals surface area contributed by atoms with Crippen LogP contribution in [0.15, 0.2) is 66.7 Å². The van der Waals surface area contributed by atoms with Crippen molar-refractivity contribution in [1.29, 1.82) is 0 Å². The van der Waals surface area contributed by atoms with E-state index in [1.165, 1.54) is 58.5 Å². The van der Waals surface area contributed by atoms with Crippen LogP contribution >= 0.6 is 11.3 Å². The van der Waals surface area contributed by atoms with Crippen molar-refractivity contribution in [3.8, 4) is 20.9 Å². The summed E-state index contributed by atoms with van der Waals surface area (Å²) in [5.74, 6) is 0. The number of hydrogen-bond donors (Lipinski definition) is 0. The minimum absolute atomic E-state index is 1.19. The van der Waals surface area contributed by atoms with Gasteiger partial charge in [0, 0.05) is 9.75 Å². The Morgan fingerprint density at radius 1 is 0.739 bits per heavy atom. The van der Waals surface area contributed by atoms with E-state index < -0.39 is 0 Å². The Morgan fingerprint density at radius 3 is 2.04 bits per heavy atom. The number of thiophene rings is 1. The molecule has 0 unspecified atom stereocenters. The van der Waals surface area contributed by atoms with Gasteiger partial charge in [-0.1, -0.05) is 86.8 Å². The van der Waals surface area contributed by atoms with Crippen molar-refractivity contribution in [3.63, 3.8) is 0 Å². The second kappa shape index (κ2) is 8.12. The average Bonchev–Trinajstić information content (AvgIpc) is 3.04. The molecule has 0 spiro atoms. The molecule has 2 aromatic carbocycles. The predicted octanol–water partition coefficient (Wildman–Crippen LogP) is 7.20. The van der Waals surface area contributed by atoms with Crippen LogP contribution in [0.3, 0.4) is 0 Å². The molecule has 0 atom stereocenters. The highest BCUT2D eigenvalue weighted by atomic mass is 32.1. The number of aryl methyl sites for hydroxylation is 1. The van der Waals surface area contributed by atoms with Crippen molar-refractivity contribution in [2.24, 2.45) is 0 Å². The molecule has 0 saturated heterocycles. The highest BCUT2D eigenvalue weighted by molar-refractivity contribution is 7.19. The van der Waals surface area contributed by atoms with E-state index in [1.54, 1.807) is 0 Å². The maximum atomic E-state index is 2.41. The maximum Gasteiger partial charge on any atom is 0.0381 e. The van der Waals surface area contributed by atoms with Gasteiger partial charge in [-0.05, 0) is 35.6 Å². The highest BCUT2D eigenvalue weighted by Gasteiger charge is 2.12. The second-order valence-electron chi connectivity index (χ2n) is 6.01. The van der Waals surface area contributed by atoms with E-state index in [0.29, 0.717) is 0 Å². The van der Waals surface area contributed by atoms with Gasteiger partial charge in [0.05, 0.1) is 0 Å². The van der Waals surface area contributed by atoms with Crippen molar-refractivity contribution in [3.05, 3.63) is 72.3 Å². The van der Waals surface area contributed by atoms with Crippen LogP contribution in [-0.2, 0) is 6.42 Å². The first kappa shape index (κ1) is 16.0. The minimum Gasteiger partial charge on any atom is -0.135 e. The van der Waals surface area contributed by atoms with E-state index in [2.05, 4.69) is 73.7 Å². The van der Waals surface area contributed by atoms with Gasteiger partial charge in [-0.15, -0.1) is 11.3 Å². The van der Waals surface area contributed by atoms with Gasteiger partial charge in [0.2, 0.25) is 0 Å². The monoisotopic (exact) mass is 320 g/mol. The van der Waals surface area contributed by atoms with Crippen molar-refractivity contribution < 1.29 is 0 Å². The van der Waals surface area contributed by atoms with Gasteiger partial charge < -0.3 is 0 Å². The Balaban J connectivity index is 1.90. The third kappa shape index (κ3) is 4.11. The largest absolute Gasteiger partial charge is 0.135 e. The Hall–Kier alpha value is -1.86. The molecule has 1 heterocycles. The molecule has 3 rings (SSSR count). The Morgan fingerprint density at radius 2 is 1.39 bits per heavy atom. The molecule has 0 amide bonds. The number of hydrogen-bond acceptors (Lipinski definition) is 1. The van der Waals surface area contributed by atoms with E-state index >= 15 is 0 Å². The first-order valence-corrected chi connectivity index (χ1v) is 9.43. The molecule has 0 aliphatic carbocycles. The van der Waals surface area contributed by atoms with Crippen molar-refractivity contribution >= 4 is 11.3 Å². The predicted molar refractivity (Wildman–Crippen MR) is 103 cm³/mol. The summed E-state index contributed by atoms with van der Waals surface area (Å²) in [5, 5.41) is 0. The molecule has 0 bridgehead atoms. The zero-order valence-corrected chi connectivity index (χ0v) is 14.6. The van der Waals surface area contributed by atoms with Crippen LogP contribution in [0.2, 0.25) is 0 Å². The van der Waals surface area contributed by atoms with E-state index in [-0.39, 0.29) is 0 Å². The summed E-state index contributed by atoms with van der Waals surface area (Å²) in [6.45, 7) is 2.27. The molecule has 0 N–H and O–H groups in total. The maximum absolute atomic E-state index is 2.41. The van der Waals surface area contributed by atoms with Crippen molar-refractivity contribution in [2.75, 3.05) is 0 Å². The number of benzene rings is 2. The Bertz CT molecular complexity index is 710. The summed E-state index contributed by atoms with van der Waals surface area (Å²) in [7, 11) is 0. The van der Waals surface area contributed by atoms with Gasteiger partial charge in [-0.3, -0.25) is 0 Å². The van der Waals surface area contributed by atoms with Gasteiger partial charge in [0.15, 0.2) is 0 Å². The molecule has 0 aliphatic rings. The lowest BCUT2D eigenvalue weighted by Gasteiger charge is -2.03. The third-order valence-electron chi connectivity index (χ3n) is 4.20.